The van der Waals surface area contributed by atoms with Gasteiger partial charge in [0.1, 0.15) is 0 Å². The average Bonchev–Trinajstić information content (AvgIpc) is 2.97. The minimum atomic E-state index is 0.589. The van der Waals surface area contributed by atoms with Crippen LogP contribution < -0.4 is 10.6 Å². The molecule has 0 atom stereocenters. The SMILES string of the molecule is CN=C(NCCc1c[nH]c2cc(C)ccc12)NC1CCCCC1. The van der Waals surface area contributed by atoms with Gasteiger partial charge >= 0.3 is 0 Å². The topological polar surface area (TPSA) is 52.2 Å². The first-order chi connectivity index (χ1) is 11.3. The lowest BCUT2D eigenvalue weighted by molar-refractivity contribution is 0.410. The molecular weight excluding hydrogens is 284 g/mol. The Hall–Kier alpha value is -1.97. The number of guanidine groups is 1. The first-order valence-corrected chi connectivity index (χ1v) is 8.80. The van der Waals surface area contributed by atoms with Crippen LogP contribution in [-0.2, 0) is 6.42 Å². The van der Waals surface area contributed by atoms with Crippen LogP contribution >= 0.6 is 0 Å². The van der Waals surface area contributed by atoms with Crippen LogP contribution in [0.2, 0.25) is 0 Å². The van der Waals surface area contributed by atoms with Gasteiger partial charge in [-0.3, -0.25) is 4.99 Å². The van der Waals surface area contributed by atoms with E-state index in [1.807, 2.05) is 7.05 Å². The quantitative estimate of drug-likeness (QED) is 0.598. The number of aliphatic imine (C=N–C) groups is 1. The summed E-state index contributed by atoms with van der Waals surface area (Å²) in [5, 5.41) is 8.34. The van der Waals surface area contributed by atoms with Crippen LogP contribution in [0.25, 0.3) is 10.9 Å². The van der Waals surface area contributed by atoms with Crippen molar-refractivity contribution < 1.29 is 0 Å². The summed E-state index contributed by atoms with van der Waals surface area (Å²) in [5.41, 5.74) is 3.88. The molecule has 0 bridgehead atoms. The lowest BCUT2D eigenvalue weighted by atomic mass is 9.96. The minimum Gasteiger partial charge on any atom is -0.361 e. The lowest BCUT2D eigenvalue weighted by Crippen LogP contribution is -2.44. The van der Waals surface area contributed by atoms with Crippen molar-refractivity contribution in [2.24, 2.45) is 4.99 Å². The number of nitrogens with one attached hydrogen (secondary N) is 3. The van der Waals surface area contributed by atoms with Gasteiger partial charge in [0.05, 0.1) is 0 Å². The van der Waals surface area contributed by atoms with Crippen LogP contribution in [0.4, 0.5) is 0 Å². The molecule has 0 unspecified atom stereocenters. The van der Waals surface area contributed by atoms with E-state index in [4.69, 9.17) is 0 Å². The fraction of sp³-hybridized carbons (Fsp3) is 0.526. The molecule has 3 rings (SSSR count). The fourth-order valence-electron chi connectivity index (χ4n) is 3.46. The Kier molecular flexibility index (Phi) is 5.21. The van der Waals surface area contributed by atoms with Gasteiger partial charge in [0.15, 0.2) is 5.96 Å². The summed E-state index contributed by atoms with van der Waals surface area (Å²) >= 11 is 0. The third-order valence-electron chi connectivity index (χ3n) is 4.78. The van der Waals surface area contributed by atoms with Gasteiger partial charge in [0.25, 0.3) is 0 Å². The van der Waals surface area contributed by atoms with Crippen LogP contribution in [0.15, 0.2) is 29.4 Å². The highest BCUT2D eigenvalue weighted by atomic mass is 15.2. The van der Waals surface area contributed by atoms with E-state index in [1.54, 1.807) is 0 Å². The molecule has 0 amide bonds. The van der Waals surface area contributed by atoms with Crippen LogP contribution in [0.1, 0.15) is 43.2 Å². The zero-order valence-corrected chi connectivity index (χ0v) is 14.3. The van der Waals surface area contributed by atoms with E-state index in [0.717, 1.165) is 18.9 Å². The molecule has 1 saturated carbocycles. The van der Waals surface area contributed by atoms with Crippen molar-refractivity contribution in [1.82, 2.24) is 15.6 Å². The summed E-state index contributed by atoms with van der Waals surface area (Å²) in [6.07, 6.45) is 9.71. The molecule has 0 saturated heterocycles. The Bertz CT molecular complexity index is 665. The molecule has 3 N–H and O–H groups in total. The molecule has 2 aromatic rings. The third-order valence-corrected chi connectivity index (χ3v) is 4.78. The molecule has 1 aromatic heterocycles. The Labute approximate surface area is 138 Å². The zero-order valence-electron chi connectivity index (χ0n) is 14.3. The van der Waals surface area contributed by atoms with Gasteiger partial charge in [-0.15, -0.1) is 0 Å². The molecule has 1 fully saturated rings. The molecule has 1 aromatic carbocycles. The number of aromatic nitrogens is 1. The predicted octanol–water partition coefficient (Wildman–Crippen LogP) is 3.52. The second-order valence-corrected chi connectivity index (χ2v) is 6.59. The van der Waals surface area contributed by atoms with Crippen molar-refractivity contribution in [2.75, 3.05) is 13.6 Å². The number of fused-ring (bicyclic) bond motifs is 1. The average molecular weight is 312 g/mol. The van der Waals surface area contributed by atoms with E-state index < -0.39 is 0 Å². The maximum absolute atomic E-state index is 4.36. The summed E-state index contributed by atoms with van der Waals surface area (Å²) < 4.78 is 0. The summed E-state index contributed by atoms with van der Waals surface area (Å²) in [5.74, 6) is 0.938. The molecule has 124 valence electrons. The van der Waals surface area contributed by atoms with Crippen molar-refractivity contribution in [3.8, 4) is 0 Å². The van der Waals surface area contributed by atoms with E-state index >= 15 is 0 Å². The Morgan fingerprint density at radius 1 is 1.26 bits per heavy atom. The molecule has 0 aliphatic heterocycles. The molecule has 4 heteroatoms. The summed E-state index contributed by atoms with van der Waals surface area (Å²) in [6, 6.07) is 7.18. The van der Waals surface area contributed by atoms with Crippen LogP contribution in [0.3, 0.4) is 0 Å². The normalized spacial score (nSPS) is 16.7. The van der Waals surface area contributed by atoms with Gasteiger partial charge < -0.3 is 15.6 Å². The summed E-state index contributed by atoms with van der Waals surface area (Å²) in [4.78, 5) is 7.73. The van der Waals surface area contributed by atoms with Crippen molar-refractivity contribution >= 4 is 16.9 Å². The third kappa shape index (κ3) is 4.06. The van der Waals surface area contributed by atoms with E-state index in [1.165, 1.54) is 54.1 Å². The van der Waals surface area contributed by atoms with Gasteiger partial charge in [-0.05, 0) is 43.4 Å². The molecule has 1 heterocycles. The number of benzene rings is 1. The molecule has 23 heavy (non-hydrogen) atoms. The highest BCUT2D eigenvalue weighted by molar-refractivity contribution is 5.84. The summed E-state index contributed by atoms with van der Waals surface area (Å²) in [6.45, 7) is 3.02. The standard InChI is InChI=1S/C19H28N4/c1-14-8-9-17-15(13-22-18(17)12-14)10-11-21-19(20-2)23-16-6-4-3-5-7-16/h8-9,12-13,16,22H,3-7,10-11H2,1-2H3,(H2,20,21,23). The van der Waals surface area contributed by atoms with Crippen molar-refractivity contribution in [1.29, 1.82) is 0 Å². The van der Waals surface area contributed by atoms with E-state index in [-0.39, 0.29) is 0 Å². The minimum absolute atomic E-state index is 0.589. The number of nitrogens with zero attached hydrogens (tertiary/aromatic N) is 1. The molecule has 4 nitrogen and oxygen atoms in total. The van der Waals surface area contributed by atoms with E-state index in [9.17, 15) is 0 Å². The van der Waals surface area contributed by atoms with Gasteiger partial charge in [-0.1, -0.05) is 31.4 Å². The summed E-state index contributed by atoms with van der Waals surface area (Å²) in [7, 11) is 1.85. The highest BCUT2D eigenvalue weighted by Crippen LogP contribution is 2.20. The largest absolute Gasteiger partial charge is 0.361 e. The molecule has 1 aliphatic carbocycles. The van der Waals surface area contributed by atoms with Crippen molar-refractivity contribution in [2.45, 2.75) is 51.5 Å². The second-order valence-electron chi connectivity index (χ2n) is 6.59. The zero-order chi connectivity index (χ0) is 16.1. The van der Waals surface area contributed by atoms with E-state index in [0.29, 0.717) is 6.04 Å². The second kappa shape index (κ2) is 7.53. The molecule has 1 aliphatic rings. The molecular formula is C19H28N4. The highest BCUT2D eigenvalue weighted by Gasteiger charge is 2.14. The number of aromatic amines is 1. The first-order valence-electron chi connectivity index (χ1n) is 8.80. The Balaban J connectivity index is 1.52. The smallest absolute Gasteiger partial charge is 0.191 e. The van der Waals surface area contributed by atoms with Crippen LogP contribution in [0.5, 0.6) is 0 Å². The molecule has 0 radical (unpaired) electrons. The van der Waals surface area contributed by atoms with Gasteiger partial charge in [-0.2, -0.15) is 0 Å². The predicted molar refractivity (Wildman–Crippen MR) is 98.1 cm³/mol. The first kappa shape index (κ1) is 15.9. The van der Waals surface area contributed by atoms with Crippen LogP contribution in [0, 0.1) is 6.92 Å². The number of hydrogen-bond acceptors (Lipinski definition) is 1. The Morgan fingerprint density at radius 3 is 2.87 bits per heavy atom. The molecule has 0 spiro atoms. The fourth-order valence-corrected chi connectivity index (χ4v) is 3.46. The maximum Gasteiger partial charge on any atom is 0.191 e. The van der Waals surface area contributed by atoms with Gasteiger partial charge in [-0.25, -0.2) is 0 Å². The van der Waals surface area contributed by atoms with Gasteiger partial charge in [0.2, 0.25) is 0 Å². The maximum atomic E-state index is 4.36. The van der Waals surface area contributed by atoms with Crippen LogP contribution in [-0.4, -0.2) is 30.6 Å². The lowest BCUT2D eigenvalue weighted by Gasteiger charge is -2.24. The van der Waals surface area contributed by atoms with Gasteiger partial charge in [0, 0.05) is 36.7 Å². The number of H-pyrrole nitrogens is 1. The van der Waals surface area contributed by atoms with Crippen molar-refractivity contribution in [3.05, 3.63) is 35.5 Å². The Morgan fingerprint density at radius 2 is 2.09 bits per heavy atom. The number of aryl methyl sites for hydroxylation is 1. The van der Waals surface area contributed by atoms with E-state index in [2.05, 4.69) is 51.9 Å². The monoisotopic (exact) mass is 312 g/mol. The number of rotatable bonds is 4. The number of hydrogen-bond donors (Lipinski definition) is 3. The van der Waals surface area contributed by atoms with Crippen molar-refractivity contribution in [3.63, 3.8) is 0 Å².